The molecule has 1 aliphatic rings. The van der Waals surface area contributed by atoms with E-state index in [1.165, 1.54) is 0 Å². The minimum Gasteiger partial charge on any atom is -0.439 e. The molecule has 0 radical (unpaired) electrons. The van der Waals surface area contributed by atoms with Crippen LogP contribution in [-0.4, -0.2) is 16.5 Å². The Morgan fingerprint density at radius 1 is 1.20 bits per heavy atom. The summed E-state index contributed by atoms with van der Waals surface area (Å²) in [5.41, 5.74) is 3.74. The first-order valence-corrected chi connectivity index (χ1v) is 8.74. The second kappa shape index (κ2) is 5.88. The van der Waals surface area contributed by atoms with E-state index in [0.717, 1.165) is 40.0 Å². The van der Waals surface area contributed by atoms with E-state index in [1.54, 1.807) is 6.20 Å². The first kappa shape index (κ1) is 16.2. The highest BCUT2D eigenvalue weighted by Gasteiger charge is 2.37. The van der Waals surface area contributed by atoms with Crippen LogP contribution in [0.15, 0.2) is 47.0 Å². The molecule has 0 saturated carbocycles. The third-order valence-corrected chi connectivity index (χ3v) is 4.87. The third-order valence-electron chi connectivity index (χ3n) is 4.57. The van der Waals surface area contributed by atoms with E-state index in [0.29, 0.717) is 12.4 Å². The molecule has 0 unspecified atom stereocenters. The van der Waals surface area contributed by atoms with Crippen LogP contribution in [0.2, 0.25) is 5.02 Å². The van der Waals surface area contributed by atoms with E-state index in [-0.39, 0.29) is 5.41 Å². The lowest BCUT2D eigenvalue weighted by Gasteiger charge is -2.37. The molecule has 4 nitrogen and oxygen atoms in total. The van der Waals surface area contributed by atoms with Crippen LogP contribution in [0.1, 0.15) is 30.9 Å². The molecular formula is C20H20ClN3O. The van der Waals surface area contributed by atoms with Gasteiger partial charge in [0.2, 0.25) is 5.89 Å². The summed E-state index contributed by atoms with van der Waals surface area (Å²) in [6.07, 6.45) is 1.75. The Bertz CT molecular complexity index is 918. The minimum absolute atomic E-state index is 0.165. The van der Waals surface area contributed by atoms with Crippen LogP contribution in [0.4, 0.5) is 5.69 Å². The zero-order valence-corrected chi connectivity index (χ0v) is 15.3. The summed E-state index contributed by atoms with van der Waals surface area (Å²) in [5.74, 6) is 1.52. The number of oxazole rings is 1. The molecular weight excluding hydrogens is 334 g/mol. The number of pyridine rings is 1. The minimum atomic E-state index is -0.165. The Balaban J connectivity index is 1.74. The summed E-state index contributed by atoms with van der Waals surface area (Å²) in [7, 11) is 0. The van der Waals surface area contributed by atoms with Gasteiger partial charge in [-0.1, -0.05) is 37.6 Å². The van der Waals surface area contributed by atoms with Crippen LogP contribution < -0.4 is 4.90 Å². The van der Waals surface area contributed by atoms with Gasteiger partial charge in [-0.05, 0) is 36.8 Å². The molecule has 1 aromatic carbocycles. The van der Waals surface area contributed by atoms with Gasteiger partial charge in [0.15, 0.2) is 0 Å². The highest BCUT2D eigenvalue weighted by atomic mass is 35.5. The van der Waals surface area contributed by atoms with Crippen LogP contribution >= 0.6 is 11.6 Å². The van der Waals surface area contributed by atoms with Gasteiger partial charge in [-0.2, -0.15) is 0 Å². The zero-order chi connectivity index (χ0) is 17.6. The second-order valence-corrected chi connectivity index (χ2v) is 7.61. The lowest BCUT2D eigenvalue weighted by molar-refractivity contribution is 0.366. The van der Waals surface area contributed by atoms with Gasteiger partial charge in [0.25, 0.3) is 0 Å². The quantitative estimate of drug-likeness (QED) is 0.650. The number of rotatable bonds is 2. The van der Waals surface area contributed by atoms with Crippen molar-refractivity contribution in [3.05, 3.63) is 64.6 Å². The van der Waals surface area contributed by atoms with E-state index >= 15 is 0 Å². The maximum Gasteiger partial charge on any atom is 0.245 e. The van der Waals surface area contributed by atoms with Gasteiger partial charge < -0.3 is 9.32 Å². The molecule has 3 aromatic rings. The highest BCUT2D eigenvalue weighted by Crippen LogP contribution is 2.39. The monoisotopic (exact) mass is 353 g/mol. The number of halogens is 1. The summed E-state index contributed by atoms with van der Waals surface area (Å²) in [6, 6.07) is 11.9. The van der Waals surface area contributed by atoms with Crippen LogP contribution in [0.3, 0.4) is 0 Å². The summed E-state index contributed by atoms with van der Waals surface area (Å²) in [5, 5.41) is 0.771. The van der Waals surface area contributed by atoms with Crippen LogP contribution in [0.5, 0.6) is 0 Å². The predicted molar refractivity (Wildman–Crippen MR) is 100.0 cm³/mol. The highest BCUT2D eigenvalue weighted by molar-refractivity contribution is 6.33. The summed E-state index contributed by atoms with van der Waals surface area (Å²) < 4.78 is 6.11. The van der Waals surface area contributed by atoms with Crippen molar-refractivity contribution in [1.29, 1.82) is 0 Å². The molecule has 25 heavy (non-hydrogen) atoms. The first-order valence-electron chi connectivity index (χ1n) is 8.37. The summed E-state index contributed by atoms with van der Waals surface area (Å²) in [6.45, 7) is 7.89. The average molecular weight is 354 g/mol. The van der Waals surface area contributed by atoms with Crippen molar-refractivity contribution in [1.82, 2.24) is 9.97 Å². The van der Waals surface area contributed by atoms with Crippen molar-refractivity contribution in [2.45, 2.75) is 32.7 Å². The third kappa shape index (κ3) is 2.91. The lowest BCUT2D eigenvalue weighted by Crippen LogP contribution is -2.42. The van der Waals surface area contributed by atoms with Gasteiger partial charge in [0.1, 0.15) is 17.1 Å². The first-order chi connectivity index (χ1) is 11.9. The topological polar surface area (TPSA) is 42.2 Å². The van der Waals surface area contributed by atoms with Gasteiger partial charge in [0.05, 0.1) is 17.3 Å². The predicted octanol–water partition coefficient (Wildman–Crippen LogP) is 5.00. The molecule has 0 atom stereocenters. The SMILES string of the molecule is Cc1ccc(N2Cc3nc(-c4ccccn4)oc3C(C)(C)C2)c(Cl)c1. The van der Waals surface area contributed by atoms with Crippen molar-refractivity contribution in [3.8, 4) is 11.6 Å². The number of aryl methyl sites for hydroxylation is 1. The number of anilines is 1. The average Bonchev–Trinajstić information content (AvgIpc) is 3.00. The van der Waals surface area contributed by atoms with Gasteiger partial charge in [0, 0.05) is 18.2 Å². The smallest absolute Gasteiger partial charge is 0.245 e. The molecule has 2 aromatic heterocycles. The normalized spacial score (nSPS) is 15.9. The fraction of sp³-hybridized carbons (Fsp3) is 0.300. The van der Waals surface area contributed by atoms with Crippen molar-refractivity contribution in [2.24, 2.45) is 0 Å². The number of hydrogen-bond acceptors (Lipinski definition) is 4. The molecule has 0 spiro atoms. The molecule has 0 amide bonds. The van der Waals surface area contributed by atoms with Crippen LogP contribution in [0, 0.1) is 6.92 Å². The molecule has 5 heteroatoms. The summed E-state index contributed by atoms with van der Waals surface area (Å²) >= 11 is 6.49. The summed E-state index contributed by atoms with van der Waals surface area (Å²) in [4.78, 5) is 11.3. The van der Waals surface area contributed by atoms with Gasteiger partial charge in [-0.25, -0.2) is 4.98 Å². The Hall–Kier alpha value is -2.33. The number of nitrogens with zero attached hydrogens (tertiary/aromatic N) is 3. The number of fused-ring (bicyclic) bond motifs is 1. The zero-order valence-electron chi connectivity index (χ0n) is 14.6. The molecule has 0 saturated heterocycles. The van der Waals surface area contributed by atoms with E-state index < -0.39 is 0 Å². The van der Waals surface area contributed by atoms with Crippen molar-refractivity contribution in [3.63, 3.8) is 0 Å². The largest absolute Gasteiger partial charge is 0.439 e. The second-order valence-electron chi connectivity index (χ2n) is 7.20. The van der Waals surface area contributed by atoms with E-state index in [2.05, 4.69) is 35.9 Å². The van der Waals surface area contributed by atoms with Crippen LogP contribution in [-0.2, 0) is 12.0 Å². The molecule has 128 valence electrons. The van der Waals surface area contributed by atoms with Crippen molar-refractivity contribution in [2.75, 3.05) is 11.4 Å². The van der Waals surface area contributed by atoms with Gasteiger partial charge >= 0.3 is 0 Å². The molecule has 1 aliphatic heterocycles. The van der Waals surface area contributed by atoms with E-state index in [9.17, 15) is 0 Å². The molecule has 0 fully saturated rings. The van der Waals surface area contributed by atoms with E-state index in [1.807, 2.05) is 31.2 Å². The molecule has 0 aliphatic carbocycles. The Morgan fingerprint density at radius 3 is 2.76 bits per heavy atom. The van der Waals surface area contributed by atoms with Crippen LogP contribution in [0.25, 0.3) is 11.6 Å². The Morgan fingerprint density at radius 2 is 2.04 bits per heavy atom. The van der Waals surface area contributed by atoms with Gasteiger partial charge in [-0.3, -0.25) is 4.98 Å². The molecule has 0 N–H and O–H groups in total. The maximum atomic E-state index is 6.49. The Labute approximate surface area is 152 Å². The number of benzene rings is 1. The molecule has 3 heterocycles. The standard InChI is InChI=1S/C20H20ClN3O/c1-13-7-8-17(14(21)10-13)24-11-16-18(20(2,3)12-24)25-19(23-16)15-6-4-5-9-22-15/h4-10H,11-12H2,1-3H3. The van der Waals surface area contributed by atoms with Gasteiger partial charge in [-0.15, -0.1) is 0 Å². The van der Waals surface area contributed by atoms with Crippen molar-refractivity contribution >= 4 is 17.3 Å². The molecule has 4 rings (SSSR count). The number of hydrogen-bond donors (Lipinski definition) is 0. The molecule has 0 bridgehead atoms. The fourth-order valence-corrected chi connectivity index (χ4v) is 3.77. The van der Waals surface area contributed by atoms with E-state index in [4.69, 9.17) is 21.0 Å². The fourth-order valence-electron chi connectivity index (χ4n) is 3.41. The maximum absolute atomic E-state index is 6.49. The Kier molecular flexibility index (Phi) is 3.80. The lowest BCUT2D eigenvalue weighted by atomic mass is 9.85. The van der Waals surface area contributed by atoms with Crippen molar-refractivity contribution < 1.29 is 4.42 Å². The number of aromatic nitrogens is 2.